The van der Waals surface area contributed by atoms with Crippen molar-refractivity contribution < 1.29 is 38.1 Å². The van der Waals surface area contributed by atoms with Crippen LogP contribution in [-0.2, 0) is 32.3 Å². The second-order valence-corrected chi connectivity index (χ2v) is 19.3. The number of likely N-dealkylation sites (tertiary alicyclic amines) is 2. The van der Waals surface area contributed by atoms with Crippen LogP contribution in [0.5, 0.6) is 11.5 Å². The quantitative estimate of drug-likeness (QED) is 0.107. The third-order valence-electron chi connectivity index (χ3n) is 13.2. The van der Waals surface area contributed by atoms with Crippen LogP contribution in [0.3, 0.4) is 0 Å². The number of rotatable bonds is 12. The fraction of sp³-hybridized carbons (Fsp3) is 0.480. The number of carbonyl (C=O) groups is 4. The molecule has 350 valence electrons. The summed E-state index contributed by atoms with van der Waals surface area (Å²) in [6.45, 7) is 25.8. The van der Waals surface area contributed by atoms with Crippen LogP contribution >= 0.6 is 0 Å². The smallest absolute Gasteiger partial charge is 0.407 e. The number of amides is 4. The lowest BCUT2D eigenvalue weighted by molar-refractivity contribution is -0.136. The maximum Gasteiger partial charge on any atom is 0.407 e. The van der Waals surface area contributed by atoms with Crippen molar-refractivity contribution in [1.29, 1.82) is 0 Å². The Bertz CT molecular complexity index is 2400. The van der Waals surface area contributed by atoms with Gasteiger partial charge in [-0.3, -0.25) is 9.59 Å². The summed E-state index contributed by atoms with van der Waals surface area (Å²) in [7, 11) is 2.57. The Morgan fingerprint density at radius 3 is 1.39 bits per heavy atom. The number of ether oxygens (including phenoxy) is 4. The van der Waals surface area contributed by atoms with Gasteiger partial charge in [-0.05, 0) is 85.8 Å². The van der Waals surface area contributed by atoms with Crippen LogP contribution in [-0.4, -0.2) is 93.1 Å². The van der Waals surface area contributed by atoms with Crippen molar-refractivity contribution >= 4 is 35.1 Å². The van der Waals surface area contributed by atoms with Gasteiger partial charge in [0, 0.05) is 46.5 Å². The third-order valence-corrected chi connectivity index (χ3v) is 13.2. The van der Waals surface area contributed by atoms with Crippen LogP contribution in [0, 0.1) is 23.7 Å². The number of nitrogens with one attached hydrogen (secondary N) is 4. The number of methoxy groups -OCH3 is 2. The summed E-state index contributed by atoms with van der Waals surface area (Å²) in [5.74, 6) is 2.48. The molecule has 4 N–H and O–H groups in total. The maximum absolute atomic E-state index is 14.1. The number of nitrogens with zero attached hydrogens (tertiary/aromatic N) is 4. The summed E-state index contributed by atoms with van der Waals surface area (Å²) < 4.78 is 22.9. The molecule has 4 aliphatic rings. The Kier molecular flexibility index (Phi) is 12.5. The van der Waals surface area contributed by atoms with Crippen molar-refractivity contribution in [1.82, 2.24) is 40.4 Å². The molecule has 8 rings (SSSR count). The highest BCUT2D eigenvalue weighted by Crippen LogP contribution is 2.52. The molecule has 0 saturated carbocycles. The molecule has 2 fully saturated rings. The highest BCUT2D eigenvalue weighted by atomic mass is 16.5. The lowest BCUT2D eigenvalue weighted by atomic mass is 9.87. The number of allylic oxidation sites excluding steroid dienone is 2. The molecular formula is C50H62N8O8. The highest BCUT2D eigenvalue weighted by Gasteiger charge is 2.43. The van der Waals surface area contributed by atoms with Gasteiger partial charge in [0.05, 0.1) is 49.1 Å². The number of hydrogen-bond acceptors (Lipinski definition) is 10. The van der Waals surface area contributed by atoms with Crippen molar-refractivity contribution in [2.24, 2.45) is 23.7 Å². The summed E-state index contributed by atoms with van der Waals surface area (Å²) in [5, 5.41) is 5.47. The first-order chi connectivity index (χ1) is 31.4. The van der Waals surface area contributed by atoms with Gasteiger partial charge in [0.25, 0.3) is 0 Å². The van der Waals surface area contributed by atoms with Gasteiger partial charge in [-0.1, -0.05) is 54.7 Å². The highest BCUT2D eigenvalue weighted by molar-refractivity contribution is 5.91. The van der Waals surface area contributed by atoms with Crippen molar-refractivity contribution in [3.63, 3.8) is 0 Å². The van der Waals surface area contributed by atoms with Crippen LogP contribution < -0.4 is 20.1 Å². The molecule has 66 heavy (non-hydrogen) atoms. The van der Waals surface area contributed by atoms with Crippen molar-refractivity contribution in [2.45, 2.75) is 106 Å². The van der Waals surface area contributed by atoms with E-state index < -0.39 is 24.3 Å². The third kappa shape index (κ3) is 8.41. The van der Waals surface area contributed by atoms with Gasteiger partial charge in [0.2, 0.25) is 11.8 Å². The number of carbonyl (C=O) groups excluding carboxylic acids is 4. The minimum atomic E-state index is -0.758. The van der Waals surface area contributed by atoms with E-state index in [1.807, 2.05) is 63.5 Å². The van der Waals surface area contributed by atoms with Crippen LogP contribution in [0.4, 0.5) is 9.59 Å². The van der Waals surface area contributed by atoms with E-state index in [9.17, 15) is 19.2 Å². The molecule has 0 radical (unpaired) electrons. The van der Waals surface area contributed by atoms with E-state index in [1.54, 1.807) is 0 Å². The Morgan fingerprint density at radius 2 is 1.06 bits per heavy atom. The minimum absolute atomic E-state index is 0.163. The number of alkyl carbamates (subject to hydrolysis) is 2. The molecule has 2 aromatic heterocycles. The molecule has 16 heteroatoms. The van der Waals surface area contributed by atoms with E-state index in [1.165, 1.54) is 14.2 Å². The fourth-order valence-electron chi connectivity index (χ4n) is 9.96. The van der Waals surface area contributed by atoms with Crippen LogP contribution in [0.2, 0.25) is 0 Å². The fourth-order valence-corrected chi connectivity index (χ4v) is 9.96. The standard InChI is InChI=1S/C50H62N8O8/c1-23(2)39-43(53-45(51-39)33-13-27(9)19-57(33)47(59)41(25(5)6)55-49(61)63-11)29-15-31-21-66-36-18-30(16-32-22-65-35(17-29)37(31)38(32)36)44-40(24(3)4)52-46(54-44)34-14-28(10)20-58(34)48(60)42(26(7)8)56-50(62)64-12/h15-18,25-28,33-34,41-42H,1,3,13-14,19-22H2,2,4-12H3,(H,51,53)(H,52,54)(H,55,61)(H,56,62)/t27-,28-,33-,34-,41-,42-/m0/s1. The number of hydrogen-bond donors (Lipinski definition) is 4. The Labute approximate surface area is 385 Å². The van der Waals surface area contributed by atoms with Crippen molar-refractivity contribution in [3.05, 3.63) is 71.6 Å². The summed E-state index contributed by atoms with van der Waals surface area (Å²) in [5.41, 5.74) is 10.0. The van der Waals surface area contributed by atoms with Crippen LogP contribution in [0.1, 0.15) is 114 Å². The van der Waals surface area contributed by atoms with E-state index in [4.69, 9.17) is 28.9 Å². The minimum Gasteiger partial charge on any atom is -0.488 e. The molecule has 0 bridgehead atoms. The largest absolute Gasteiger partial charge is 0.488 e. The molecule has 4 aromatic rings. The Morgan fingerprint density at radius 1 is 0.682 bits per heavy atom. The molecule has 6 heterocycles. The number of benzene rings is 2. The van der Waals surface area contributed by atoms with Gasteiger partial charge in [-0.2, -0.15) is 0 Å². The Balaban J connectivity index is 1.11. The van der Waals surface area contributed by atoms with Gasteiger partial charge in [0.15, 0.2) is 0 Å². The monoisotopic (exact) mass is 902 g/mol. The van der Waals surface area contributed by atoms with Gasteiger partial charge in [0.1, 0.15) is 48.4 Å². The Hall–Kier alpha value is -6.58. The van der Waals surface area contributed by atoms with Gasteiger partial charge >= 0.3 is 12.2 Å². The van der Waals surface area contributed by atoms with Gasteiger partial charge in [-0.25, -0.2) is 19.6 Å². The van der Waals surface area contributed by atoms with E-state index in [0.29, 0.717) is 62.2 Å². The van der Waals surface area contributed by atoms with Crippen molar-refractivity contribution in [3.8, 4) is 45.1 Å². The molecule has 6 atom stereocenters. The summed E-state index contributed by atoms with van der Waals surface area (Å²) in [6.07, 6.45) is 0.0996. The first-order valence-electron chi connectivity index (χ1n) is 22.8. The van der Waals surface area contributed by atoms with Crippen LogP contribution in [0.25, 0.3) is 44.8 Å². The first kappa shape index (κ1) is 46.0. The normalized spacial score (nSPS) is 20.3. The number of aromatic amines is 2. The van der Waals surface area contributed by atoms with Gasteiger partial charge < -0.3 is 49.3 Å². The lowest BCUT2D eigenvalue weighted by Crippen LogP contribution is -2.51. The lowest BCUT2D eigenvalue weighted by Gasteiger charge is -2.30. The van der Waals surface area contributed by atoms with E-state index in [0.717, 1.165) is 67.4 Å². The van der Waals surface area contributed by atoms with E-state index in [2.05, 4.69) is 59.7 Å². The van der Waals surface area contributed by atoms with E-state index >= 15 is 0 Å². The molecule has 2 saturated heterocycles. The second-order valence-electron chi connectivity index (χ2n) is 19.3. The SMILES string of the molecule is C=C(C)c1nc([C@@H]2C[C@H](C)CN2C(=O)[C@@H](NC(=O)OC)C(C)C)[nH]c1-c1cc2c3c(c1)OCc1cc(-c4[nH]c([C@@H]5C[C@H](C)CN5C(=O)[C@@H](NC(=O)OC)C(C)C)nc4C(=C)C)cc(c1-3)OC2. The summed E-state index contributed by atoms with van der Waals surface area (Å²) in [6, 6.07) is 6.07. The van der Waals surface area contributed by atoms with E-state index in [-0.39, 0.29) is 47.6 Å². The zero-order valence-corrected chi connectivity index (χ0v) is 39.6. The van der Waals surface area contributed by atoms with Crippen LogP contribution in [0.15, 0.2) is 37.4 Å². The number of H-pyrrole nitrogens is 2. The molecule has 0 aliphatic carbocycles. The average Bonchev–Trinajstić information content (AvgIpc) is 4.10. The zero-order valence-electron chi connectivity index (χ0n) is 39.6. The predicted molar refractivity (Wildman–Crippen MR) is 250 cm³/mol. The molecular weight excluding hydrogens is 841 g/mol. The summed E-state index contributed by atoms with van der Waals surface area (Å²) >= 11 is 0. The topological polar surface area (TPSA) is 193 Å². The molecule has 0 unspecified atom stereocenters. The summed E-state index contributed by atoms with van der Waals surface area (Å²) in [4.78, 5) is 73.6. The first-order valence-corrected chi connectivity index (χ1v) is 22.8. The second kappa shape index (κ2) is 18.0. The maximum atomic E-state index is 14.1. The molecule has 4 aliphatic heterocycles. The van der Waals surface area contributed by atoms with Crippen molar-refractivity contribution in [2.75, 3.05) is 27.3 Å². The predicted octanol–water partition coefficient (Wildman–Crippen LogP) is 8.57. The average molecular weight is 903 g/mol. The molecule has 4 amide bonds. The molecule has 0 spiro atoms. The molecule has 16 nitrogen and oxygen atoms in total. The van der Waals surface area contributed by atoms with Gasteiger partial charge in [-0.15, -0.1) is 0 Å². The number of imidazole rings is 2. The molecule has 2 aromatic carbocycles. The number of aromatic nitrogens is 4. The zero-order chi connectivity index (χ0) is 47.5.